The summed E-state index contributed by atoms with van der Waals surface area (Å²) in [6, 6.07) is 9.88. The van der Waals surface area contributed by atoms with Crippen LogP contribution < -0.4 is 5.32 Å². The maximum atomic E-state index is 12.6. The lowest BCUT2D eigenvalue weighted by molar-refractivity contribution is -0.146. The van der Waals surface area contributed by atoms with Crippen LogP contribution in [0.1, 0.15) is 66.6 Å². The summed E-state index contributed by atoms with van der Waals surface area (Å²) in [5, 5.41) is 4.09. The van der Waals surface area contributed by atoms with Gasteiger partial charge < -0.3 is 9.88 Å². The maximum Gasteiger partial charge on any atom is 0.449 e. The highest BCUT2D eigenvalue weighted by atomic mass is 19.4. The van der Waals surface area contributed by atoms with Crippen molar-refractivity contribution >= 4 is 16.8 Å². The number of likely N-dealkylation sites (N-methyl/N-ethyl adjacent to an activating group) is 1. The van der Waals surface area contributed by atoms with Crippen LogP contribution in [0.2, 0.25) is 0 Å². The first-order chi connectivity index (χ1) is 16.8. The molecule has 0 radical (unpaired) electrons. The second-order valence-electron chi connectivity index (χ2n) is 9.19. The van der Waals surface area contributed by atoms with Crippen molar-refractivity contribution in [1.29, 1.82) is 0 Å². The van der Waals surface area contributed by atoms with Gasteiger partial charge in [0, 0.05) is 55.4 Å². The molecule has 0 saturated heterocycles. The molecule has 2 aliphatic rings. The number of carbonyl (C=O) groups is 1. The van der Waals surface area contributed by atoms with Crippen molar-refractivity contribution < 1.29 is 18.0 Å². The van der Waals surface area contributed by atoms with Crippen LogP contribution in [0.4, 0.5) is 13.2 Å². The third kappa shape index (κ3) is 5.83. The molecule has 0 bridgehead atoms. The first-order valence-electron chi connectivity index (χ1n) is 12.3. The lowest BCUT2D eigenvalue weighted by Gasteiger charge is -2.24. The minimum Gasteiger partial charge on any atom is -0.349 e. The van der Waals surface area contributed by atoms with Gasteiger partial charge in [0.05, 0.1) is 11.2 Å². The van der Waals surface area contributed by atoms with E-state index >= 15 is 0 Å². The first kappa shape index (κ1) is 25.2. The Kier molecular flexibility index (Phi) is 7.74. The lowest BCUT2D eigenvalue weighted by Crippen LogP contribution is -2.36. The van der Waals surface area contributed by atoms with E-state index in [-0.39, 0.29) is 5.91 Å². The fourth-order valence-corrected chi connectivity index (χ4v) is 4.92. The average Bonchev–Trinajstić information content (AvgIpc) is 3.21. The Morgan fingerprint density at radius 3 is 2.63 bits per heavy atom. The topological polar surface area (TPSA) is 63.1 Å². The summed E-state index contributed by atoms with van der Waals surface area (Å²) in [6.45, 7) is 4.17. The number of benzene rings is 1. The number of carbonyl (C=O) groups excluding carboxylic acids is 1. The van der Waals surface area contributed by atoms with E-state index in [9.17, 15) is 18.0 Å². The standard InChI is InChI=1S/C16H18N2O.C10H14F3N3/c19-16(18-12-6-2-1-3-7-12)14-8-4-10-15-13(14)9-5-11-17-15;1-3-16-5-4-8-7(6-16)14-9(15(8)2)10(11,12)13/h4-5,8-12H,1-3,6-7H2,(H,18,19);3-6H2,1-2H3. The lowest BCUT2D eigenvalue weighted by atomic mass is 9.95. The van der Waals surface area contributed by atoms with Gasteiger partial charge in [0.15, 0.2) is 0 Å². The van der Waals surface area contributed by atoms with Crippen LogP contribution in [0, 0.1) is 0 Å². The van der Waals surface area contributed by atoms with Crippen molar-refractivity contribution in [3.05, 3.63) is 59.3 Å². The summed E-state index contributed by atoms with van der Waals surface area (Å²) in [5.41, 5.74) is 2.90. The van der Waals surface area contributed by atoms with E-state index in [0.29, 0.717) is 24.7 Å². The van der Waals surface area contributed by atoms with Gasteiger partial charge in [-0.2, -0.15) is 13.2 Å². The molecule has 1 aromatic carbocycles. The van der Waals surface area contributed by atoms with Gasteiger partial charge in [-0.3, -0.25) is 14.7 Å². The molecule has 2 aromatic heterocycles. The molecule has 9 heteroatoms. The molecule has 1 aliphatic heterocycles. The number of fused-ring (bicyclic) bond motifs is 2. The zero-order chi connectivity index (χ0) is 25.0. The zero-order valence-corrected chi connectivity index (χ0v) is 20.2. The smallest absolute Gasteiger partial charge is 0.349 e. The van der Waals surface area contributed by atoms with Gasteiger partial charge in [0.25, 0.3) is 5.91 Å². The summed E-state index contributed by atoms with van der Waals surface area (Å²) < 4.78 is 39.0. The summed E-state index contributed by atoms with van der Waals surface area (Å²) in [5.74, 6) is -0.749. The van der Waals surface area contributed by atoms with E-state index in [2.05, 4.69) is 20.2 Å². The van der Waals surface area contributed by atoms with Crippen LogP contribution in [-0.4, -0.2) is 44.5 Å². The molecule has 6 nitrogen and oxygen atoms in total. The zero-order valence-electron chi connectivity index (χ0n) is 20.2. The van der Waals surface area contributed by atoms with Gasteiger partial charge in [-0.15, -0.1) is 0 Å². The third-order valence-electron chi connectivity index (χ3n) is 6.87. The van der Waals surface area contributed by atoms with Gasteiger partial charge in [-0.25, -0.2) is 4.98 Å². The van der Waals surface area contributed by atoms with Gasteiger partial charge in [0.2, 0.25) is 5.82 Å². The molecule has 1 N–H and O–H groups in total. The quantitative estimate of drug-likeness (QED) is 0.558. The Labute approximate surface area is 203 Å². The van der Waals surface area contributed by atoms with Gasteiger partial charge in [0.1, 0.15) is 0 Å². The van der Waals surface area contributed by atoms with Crippen LogP contribution in [-0.2, 0) is 26.2 Å². The van der Waals surface area contributed by atoms with Crippen LogP contribution in [0.5, 0.6) is 0 Å². The third-order valence-corrected chi connectivity index (χ3v) is 6.87. The Morgan fingerprint density at radius 2 is 1.91 bits per heavy atom. The minimum absolute atomic E-state index is 0.0329. The molecule has 0 unspecified atom stereocenters. The number of pyridine rings is 1. The SMILES string of the molecule is CCN1CCc2c(nc(C(F)(F)F)n2C)C1.O=C(NC1CCCCC1)c1cccc2ncccc12. The number of halogens is 3. The molecule has 0 spiro atoms. The molecule has 1 saturated carbocycles. The number of hydrogen-bond donors (Lipinski definition) is 1. The molecule has 1 fully saturated rings. The highest BCUT2D eigenvalue weighted by Gasteiger charge is 2.38. The molecular formula is C26H32F3N5O. The van der Waals surface area contributed by atoms with Crippen LogP contribution in [0.25, 0.3) is 10.9 Å². The van der Waals surface area contributed by atoms with Crippen molar-refractivity contribution in [2.45, 2.75) is 64.2 Å². The molecular weight excluding hydrogens is 455 g/mol. The minimum atomic E-state index is -4.36. The predicted molar refractivity (Wildman–Crippen MR) is 129 cm³/mol. The van der Waals surface area contributed by atoms with Crippen molar-refractivity contribution in [2.24, 2.45) is 7.05 Å². The summed E-state index contributed by atoms with van der Waals surface area (Å²) in [4.78, 5) is 22.5. The molecule has 1 aliphatic carbocycles. The number of hydrogen-bond acceptors (Lipinski definition) is 4. The monoisotopic (exact) mass is 487 g/mol. The number of nitrogens with one attached hydrogen (secondary N) is 1. The van der Waals surface area contributed by atoms with Crippen LogP contribution in [0.3, 0.4) is 0 Å². The molecule has 3 aromatic rings. The highest BCUT2D eigenvalue weighted by molar-refractivity contribution is 6.06. The van der Waals surface area contributed by atoms with Gasteiger partial charge >= 0.3 is 6.18 Å². The summed E-state index contributed by atoms with van der Waals surface area (Å²) in [6.07, 6.45) is 4.00. The number of imidazole rings is 1. The highest BCUT2D eigenvalue weighted by Crippen LogP contribution is 2.31. The molecule has 0 atom stereocenters. The van der Waals surface area contributed by atoms with E-state index in [1.54, 1.807) is 6.20 Å². The van der Waals surface area contributed by atoms with Crippen molar-refractivity contribution in [1.82, 2.24) is 24.8 Å². The predicted octanol–water partition coefficient (Wildman–Crippen LogP) is 5.11. The van der Waals surface area contributed by atoms with Crippen LogP contribution in [0.15, 0.2) is 36.5 Å². The number of rotatable bonds is 3. The van der Waals surface area contributed by atoms with Crippen LogP contribution >= 0.6 is 0 Å². The van der Waals surface area contributed by atoms with E-state index in [4.69, 9.17) is 0 Å². The molecule has 1 amide bonds. The van der Waals surface area contributed by atoms with Gasteiger partial charge in [-0.05, 0) is 37.6 Å². The largest absolute Gasteiger partial charge is 0.449 e. The summed E-state index contributed by atoms with van der Waals surface area (Å²) in [7, 11) is 1.44. The van der Waals surface area contributed by atoms with E-state index in [0.717, 1.165) is 48.1 Å². The van der Waals surface area contributed by atoms with Crippen molar-refractivity contribution in [2.75, 3.05) is 13.1 Å². The van der Waals surface area contributed by atoms with E-state index in [1.807, 2.05) is 37.3 Å². The second kappa shape index (κ2) is 10.8. The molecule has 5 rings (SSSR count). The molecule has 3 heterocycles. The fraction of sp³-hybridized carbons (Fsp3) is 0.500. The average molecular weight is 488 g/mol. The Hall–Kier alpha value is -2.94. The molecule has 188 valence electrons. The number of amides is 1. The van der Waals surface area contributed by atoms with Crippen molar-refractivity contribution in [3.8, 4) is 0 Å². The summed E-state index contributed by atoms with van der Waals surface area (Å²) >= 11 is 0. The number of nitrogens with zero attached hydrogens (tertiary/aromatic N) is 4. The Bertz CT molecular complexity index is 1160. The Balaban J connectivity index is 0.000000168. The van der Waals surface area contributed by atoms with Gasteiger partial charge in [-0.1, -0.05) is 38.3 Å². The number of aromatic nitrogens is 3. The normalized spacial score (nSPS) is 16.9. The van der Waals surface area contributed by atoms with E-state index in [1.165, 1.54) is 30.9 Å². The first-order valence-corrected chi connectivity index (χ1v) is 12.3. The van der Waals surface area contributed by atoms with Crippen molar-refractivity contribution in [3.63, 3.8) is 0 Å². The maximum absolute atomic E-state index is 12.6. The fourth-order valence-electron chi connectivity index (χ4n) is 4.92. The second-order valence-corrected chi connectivity index (χ2v) is 9.19. The number of alkyl halides is 3. The molecule has 35 heavy (non-hydrogen) atoms. The Morgan fingerprint density at radius 1 is 1.14 bits per heavy atom. The van der Waals surface area contributed by atoms with E-state index < -0.39 is 12.0 Å².